The molecule has 0 aliphatic carbocycles. The van der Waals surface area contributed by atoms with Crippen LogP contribution in [0.1, 0.15) is 0 Å². The number of hydrogen-bond donors (Lipinski definition) is 0. The number of nitro groups is 1. The first-order chi connectivity index (χ1) is 7.25. The lowest BCUT2D eigenvalue weighted by Crippen LogP contribution is -3.61. The van der Waals surface area contributed by atoms with Gasteiger partial charge in [0.1, 0.15) is 0 Å². The maximum Gasteiger partial charge on any atom is 0.370 e. The smallest absolute Gasteiger partial charge is 0.258 e. The first-order valence-electron chi connectivity index (χ1n) is 4.18. The van der Waals surface area contributed by atoms with E-state index in [0.717, 1.165) is 3.57 Å². The molecule has 0 radical (unpaired) electrons. The summed E-state index contributed by atoms with van der Waals surface area (Å²) in [4.78, 5) is 10.2. The van der Waals surface area contributed by atoms with Crippen molar-refractivity contribution in [1.29, 1.82) is 0 Å². The SMILES string of the molecule is O=[N+]([O-])c1cccc([I+]c2cccs2)c1. The standard InChI is InChI=1S/C10H7INO2S/c13-12(14)9-4-1-3-8(7-9)11-10-5-2-6-15-10/h1-7H/q+1. The van der Waals surface area contributed by atoms with Gasteiger partial charge in [-0.05, 0) is 17.5 Å². The average molecular weight is 332 g/mol. The van der Waals surface area contributed by atoms with Crippen molar-refractivity contribution >= 4 is 17.0 Å². The fraction of sp³-hybridized carbons (Fsp3) is 0. The van der Waals surface area contributed by atoms with Crippen LogP contribution in [0.25, 0.3) is 0 Å². The van der Waals surface area contributed by atoms with Gasteiger partial charge >= 0.3 is 21.2 Å². The van der Waals surface area contributed by atoms with Crippen LogP contribution in [0.3, 0.4) is 0 Å². The van der Waals surface area contributed by atoms with Crippen LogP contribution >= 0.6 is 11.3 Å². The lowest BCUT2D eigenvalue weighted by atomic mass is 10.3. The normalized spacial score (nSPS) is 10.1. The summed E-state index contributed by atoms with van der Waals surface area (Å²) in [7, 11) is 0. The molecule has 0 saturated carbocycles. The molecular weight excluding hydrogens is 325 g/mol. The zero-order valence-corrected chi connectivity index (χ0v) is 10.6. The second-order valence-corrected chi connectivity index (χ2v) is 7.38. The fourth-order valence-electron chi connectivity index (χ4n) is 1.07. The van der Waals surface area contributed by atoms with Crippen molar-refractivity contribution in [2.75, 3.05) is 0 Å². The summed E-state index contributed by atoms with van der Waals surface area (Å²) in [6.45, 7) is 0. The summed E-state index contributed by atoms with van der Waals surface area (Å²) in [6, 6.07) is 11.0. The fourth-order valence-corrected chi connectivity index (χ4v) is 4.84. The van der Waals surface area contributed by atoms with Gasteiger partial charge in [-0.1, -0.05) is 17.4 Å². The third-order valence-corrected chi connectivity index (χ3v) is 5.83. The Kier molecular flexibility index (Phi) is 3.32. The number of nitro benzene ring substituents is 1. The van der Waals surface area contributed by atoms with E-state index in [0.29, 0.717) is 0 Å². The van der Waals surface area contributed by atoms with E-state index in [1.54, 1.807) is 23.5 Å². The van der Waals surface area contributed by atoms with Crippen molar-refractivity contribution in [2.45, 2.75) is 0 Å². The summed E-state index contributed by atoms with van der Waals surface area (Å²) in [5.74, 6) is 0. The molecule has 0 amide bonds. The number of thiophene rings is 1. The summed E-state index contributed by atoms with van der Waals surface area (Å²) in [5, 5.41) is 12.6. The topological polar surface area (TPSA) is 43.1 Å². The van der Waals surface area contributed by atoms with Crippen LogP contribution < -0.4 is 21.2 Å². The van der Waals surface area contributed by atoms with E-state index in [1.165, 1.54) is 8.95 Å². The van der Waals surface area contributed by atoms with Crippen LogP contribution in [0.2, 0.25) is 0 Å². The van der Waals surface area contributed by atoms with Crippen molar-refractivity contribution < 1.29 is 26.1 Å². The molecule has 1 aromatic carbocycles. The molecule has 1 heterocycles. The zero-order chi connectivity index (χ0) is 10.7. The number of rotatable bonds is 3. The number of benzene rings is 1. The minimum absolute atomic E-state index is 0.184. The Balaban J connectivity index is 2.22. The van der Waals surface area contributed by atoms with Gasteiger partial charge in [-0.2, -0.15) is 0 Å². The number of hydrogen-bond acceptors (Lipinski definition) is 3. The van der Waals surface area contributed by atoms with Gasteiger partial charge in [0.25, 0.3) is 5.69 Å². The van der Waals surface area contributed by atoms with Gasteiger partial charge in [-0.25, -0.2) is 0 Å². The Morgan fingerprint density at radius 2 is 2.13 bits per heavy atom. The molecule has 0 bridgehead atoms. The predicted molar refractivity (Wildman–Crippen MR) is 54.8 cm³/mol. The summed E-state index contributed by atoms with van der Waals surface area (Å²) < 4.78 is 2.42. The van der Waals surface area contributed by atoms with Crippen molar-refractivity contribution in [1.82, 2.24) is 0 Å². The molecule has 0 spiro atoms. The highest BCUT2D eigenvalue weighted by atomic mass is 127. The van der Waals surface area contributed by atoms with Gasteiger partial charge in [0.2, 0.25) is 6.45 Å². The molecule has 3 nitrogen and oxygen atoms in total. The molecule has 0 unspecified atom stereocenters. The van der Waals surface area contributed by atoms with Crippen LogP contribution in [-0.2, 0) is 0 Å². The molecule has 0 aliphatic heterocycles. The van der Waals surface area contributed by atoms with E-state index in [2.05, 4.69) is 6.07 Å². The van der Waals surface area contributed by atoms with Crippen LogP contribution in [0.4, 0.5) is 5.69 Å². The Hall–Kier alpha value is -0.950. The summed E-state index contributed by atoms with van der Waals surface area (Å²) in [5.41, 5.74) is 0.184. The minimum atomic E-state index is -0.346. The Morgan fingerprint density at radius 3 is 2.80 bits per heavy atom. The third kappa shape index (κ3) is 2.75. The molecule has 15 heavy (non-hydrogen) atoms. The Morgan fingerprint density at radius 1 is 1.27 bits per heavy atom. The van der Waals surface area contributed by atoms with E-state index >= 15 is 0 Å². The molecule has 0 aliphatic rings. The highest BCUT2D eigenvalue weighted by Gasteiger charge is 2.19. The van der Waals surface area contributed by atoms with Gasteiger partial charge in [0.15, 0.2) is 0 Å². The van der Waals surface area contributed by atoms with Crippen LogP contribution in [0.5, 0.6) is 0 Å². The molecule has 0 saturated heterocycles. The second-order valence-electron chi connectivity index (χ2n) is 2.75. The maximum absolute atomic E-state index is 10.6. The third-order valence-electron chi connectivity index (χ3n) is 1.71. The molecule has 0 N–H and O–H groups in total. The Labute approximate surface area is 101 Å². The maximum atomic E-state index is 10.6. The molecule has 0 atom stereocenters. The van der Waals surface area contributed by atoms with E-state index in [9.17, 15) is 10.1 Å². The zero-order valence-electron chi connectivity index (χ0n) is 7.59. The predicted octanol–water partition coefficient (Wildman–Crippen LogP) is -0.215. The lowest BCUT2D eigenvalue weighted by molar-refractivity contribution is -0.591. The lowest BCUT2D eigenvalue weighted by Gasteiger charge is -1.88. The van der Waals surface area contributed by atoms with E-state index < -0.39 is 0 Å². The van der Waals surface area contributed by atoms with Gasteiger partial charge in [0.05, 0.1) is 11.0 Å². The molecule has 0 fully saturated rings. The quantitative estimate of drug-likeness (QED) is 0.443. The van der Waals surface area contributed by atoms with Crippen molar-refractivity contribution in [3.63, 3.8) is 0 Å². The molecule has 2 aromatic rings. The van der Waals surface area contributed by atoms with Gasteiger partial charge in [-0.3, -0.25) is 10.1 Å². The van der Waals surface area contributed by atoms with E-state index in [1.807, 2.05) is 17.5 Å². The van der Waals surface area contributed by atoms with E-state index in [4.69, 9.17) is 0 Å². The summed E-state index contributed by atoms with van der Waals surface area (Å²) >= 11 is 1.45. The first-order valence-corrected chi connectivity index (χ1v) is 7.22. The molecule has 5 heteroatoms. The van der Waals surface area contributed by atoms with Crippen molar-refractivity contribution in [3.8, 4) is 0 Å². The molecule has 76 valence electrons. The second kappa shape index (κ2) is 4.71. The Bertz CT molecular complexity index is 470. The number of halogens is 1. The van der Waals surface area contributed by atoms with Crippen molar-refractivity contribution in [2.24, 2.45) is 0 Å². The van der Waals surface area contributed by atoms with Gasteiger partial charge in [-0.15, -0.1) is 0 Å². The van der Waals surface area contributed by atoms with Gasteiger partial charge < -0.3 is 0 Å². The van der Waals surface area contributed by atoms with Crippen LogP contribution in [-0.4, -0.2) is 4.92 Å². The van der Waals surface area contributed by atoms with Gasteiger partial charge in [0, 0.05) is 12.1 Å². The average Bonchev–Trinajstić information content (AvgIpc) is 2.71. The van der Waals surface area contributed by atoms with Crippen molar-refractivity contribution in [3.05, 3.63) is 58.3 Å². The highest BCUT2D eigenvalue weighted by molar-refractivity contribution is 7.07. The molecule has 2 rings (SSSR count). The minimum Gasteiger partial charge on any atom is -0.258 e. The van der Waals surface area contributed by atoms with Crippen LogP contribution in [0, 0.1) is 16.6 Å². The monoisotopic (exact) mass is 332 g/mol. The summed E-state index contributed by atoms with van der Waals surface area (Å²) in [6.07, 6.45) is 0. The highest BCUT2D eigenvalue weighted by Crippen LogP contribution is 2.07. The largest absolute Gasteiger partial charge is 0.370 e. The molecular formula is C10H7INO2S+. The first kappa shape index (κ1) is 10.6. The number of non-ortho nitro benzene ring substituents is 1. The van der Waals surface area contributed by atoms with Crippen LogP contribution in [0.15, 0.2) is 41.8 Å². The van der Waals surface area contributed by atoms with E-state index in [-0.39, 0.29) is 31.8 Å². The molecule has 1 aromatic heterocycles. The number of nitrogens with zero attached hydrogens (tertiary/aromatic N) is 1.